The van der Waals surface area contributed by atoms with Crippen molar-refractivity contribution < 1.29 is 0 Å². The fourth-order valence-electron chi connectivity index (χ4n) is 3.90. The Hall–Kier alpha value is -1.91. The number of unbranched alkanes of at least 4 members (excludes halogenated alkanes) is 2. The summed E-state index contributed by atoms with van der Waals surface area (Å²) in [6.07, 6.45) is 5.62. The number of aryl methyl sites for hydroxylation is 2. The van der Waals surface area contributed by atoms with Crippen LogP contribution in [0.5, 0.6) is 0 Å². The molecule has 0 amide bonds. The van der Waals surface area contributed by atoms with Crippen LogP contribution in [0.1, 0.15) is 54.1 Å². The monoisotopic (exact) mass is 380 g/mol. The molecule has 1 fully saturated rings. The topological polar surface area (TPSA) is 45.4 Å². The van der Waals surface area contributed by atoms with Gasteiger partial charge >= 0.3 is 0 Å². The molecule has 4 nitrogen and oxygen atoms in total. The molecule has 28 heavy (non-hydrogen) atoms. The summed E-state index contributed by atoms with van der Waals surface area (Å²) in [6.45, 7) is 10.0. The van der Waals surface area contributed by atoms with Crippen molar-refractivity contribution >= 4 is 5.82 Å². The zero-order chi connectivity index (χ0) is 19.9. The second-order valence-corrected chi connectivity index (χ2v) is 8.31. The summed E-state index contributed by atoms with van der Waals surface area (Å²) in [5.74, 6) is 0.708. The number of nitrogens with zero attached hydrogens (tertiary/aromatic N) is 3. The molecule has 1 aliphatic heterocycles. The number of nitrogen functional groups attached to an aromatic ring is 1. The molecule has 2 N–H and O–H groups in total. The van der Waals surface area contributed by atoms with E-state index in [9.17, 15) is 0 Å². The Morgan fingerprint density at radius 3 is 2.32 bits per heavy atom. The van der Waals surface area contributed by atoms with E-state index < -0.39 is 0 Å². The molecular formula is C24H36N4. The van der Waals surface area contributed by atoms with Crippen LogP contribution in [0, 0.1) is 6.92 Å². The van der Waals surface area contributed by atoms with Crippen molar-refractivity contribution in [2.75, 3.05) is 39.0 Å². The SMILES string of the molecule is CCCCCc1cc(Cc2ccc(CN3CCN(C)CC3)cc2)c(C)nc1N. The Balaban J connectivity index is 1.62. The van der Waals surface area contributed by atoms with E-state index >= 15 is 0 Å². The Bertz CT molecular complexity index is 746. The number of hydrogen-bond acceptors (Lipinski definition) is 4. The van der Waals surface area contributed by atoms with Crippen molar-refractivity contribution in [2.45, 2.75) is 52.5 Å². The molecule has 152 valence electrons. The van der Waals surface area contributed by atoms with E-state index in [2.05, 4.69) is 66.0 Å². The molecule has 0 spiro atoms. The predicted octanol–water partition coefficient (Wildman–Crippen LogP) is 4.04. The zero-order valence-corrected chi connectivity index (χ0v) is 17.9. The minimum absolute atomic E-state index is 0.708. The minimum Gasteiger partial charge on any atom is -0.383 e. The number of hydrogen-bond donors (Lipinski definition) is 1. The third-order valence-electron chi connectivity index (χ3n) is 5.90. The molecule has 0 atom stereocenters. The smallest absolute Gasteiger partial charge is 0.126 e. The van der Waals surface area contributed by atoms with E-state index in [1.165, 1.54) is 54.6 Å². The lowest BCUT2D eigenvalue weighted by Crippen LogP contribution is -2.43. The predicted molar refractivity (Wildman–Crippen MR) is 119 cm³/mol. The number of benzene rings is 1. The van der Waals surface area contributed by atoms with E-state index in [0.29, 0.717) is 5.82 Å². The molecular weight excluding hydrogens is 344 g/mol. The van der Waals surface area contributed by atoms with Crippen molar-refractivity contribution in [1.29, 1.82) is 0 Å². The van der Waals surface area contributed by atoms with Gasteiger partial charge in [0.05, 0.1) is 0 Å². The molecule has 1 aliphatic rings. The number of pyridine rings is 1. The van der Waals surface area contributed by atoms with Crippen molar-refractivity contribution in [1.82, 2.24) is 14.8 Å². The molecule has 0 bridgehead atoms. The quantitative estimate of drug-likeness (QED) is 0.702. The van der Waals surface area contributed by atoms with Crippen LogP contribution < -0.4 is 5.73 Å². The van der Waals surface area contributed by atoms with E-state index in [0.717, 1.165) is 38.2 Å². The average Bonchev–Trinajstić information content (AvgIpc) is 2.68. The summed E-state index contributed by atoms with van der Waals surface area (Å²) in [6, 6.07) is 11.4. The lowest BCUT2D eigenvalue weighted by molar-refractivity contribution is 0.148. The van der Waals surface area contributed by atoms with Gasteiger partial charge < -0.3 is 10.6 Å². The molecule has 4 heteroatoms. The molecule has 2 aromatic rings. The van der Waals surface area contributed by atoms with Crippen molar-refractivity contribution in [3.8, 4) is 0 Å². The first-order valence-corrected chi connectivity index (χ1v) is 10.8. The van der Waals surface area contributed by atoms with Gasteiger partial charge in [-0.05, 0) is 55.5 Å². The number of aromatic nitrogens is 1. The highest BCUT2D eigenvalue weighted by Crippen LogP contribution is 2.21. The standard InChI is InChI=1S/C24H36N4/c1-4-5-6-7-22-17-23(19(2)26-24(22)25)16-20-8-10-21(11-9-20)18-28-14-12-27(3)13-15-28/h8-11,17H,4-7,12-16,18H2,1-3H3,(H2,25,26). The molecule has 0 unspecified atom stereocenters. The Morgan fingerprint density at radius 2 is 1.64 bits per heavy atom. The maximum Gasteiger partial charge on any atom is 0.126 e. The molecule has 1 saturated heterocycles. The average molecular weight is 381 g/mol. The van der Waals surface area contributed by atoms with Crippen LogP contribution in [-0.4, -0.2) is 48.0 Å². The second-order valence-electron chi connectivity index (χ2n) is 8.31. The van der Waals surface area contributed by atoms with Crippen molar-refractivity contribution in [3.63, 3.8) is 0 Å². The van der Waals surface area contributed by atoms with E-state index in [4.69, 9.17) is 5.73 Å². The van der Waals surface area contributed by atoms with Crippen molar-refractivity contribution in [3.05, 3.63) is 58.3 Å². The summed E-state index contributed by atoms with van der Waals surface area (Å²) < 4.78 is 0. The highest BCUT2D eigenvalue weighted by atomic mass is 15.2. The molecule has 2 heterocycles. The number of piperazine rings is 1. The Morgan fingerprint density at radius 1 is 0.964 bits per heavy atom. The van der Waals surface area contributed by atoms with Gasteiger partial charge in [-0.25, -0.2) is 4.98 Å². The van der Waals surface area contributed by atoms with Gasteiger partial charge in [-0.15, -0.1) is 0 Å². The summed E-state index contributed by atoms with van der Waals surface area (Å²) in [5.41, 5.74) is 12.5. The van der Waals surface area contributed by atoms with Gasteiger partial charge in [0.25, 0.3) is 0 Å². The number of nitrogens with two attached hydrogens (primary N) is 1. The summed E-state index contributed by atoms with van der Waals surface area (Å²) in [7, 11) is 2.20. The molecule has 1 aromatic heterocycles. The molecule has 1 aromatic carbocycles. The summed E-state index contributed by atoms with van der Waals surface area (Å²) in [4.78, 5) is 9.57. The molecule has 3 rings (SSSR count). The van der Waals surface area contributed by atoms with Gasteiger partial charge in [0, 0.05) is 38.4 Å². The molecule has 0 radical (unpaired) electrons. The van der Waals surface area contributed by atoms with Crippen LogP contribution in [0.15, 0.2) is 30.3 Å². The van der Waals surface area contributed by atoms with Gasteiger partial charge in [-0.1, -0.05) is 50.1 Å². The van der Waals surface area contributed by atoms with Gasteiger partial charge in [-0.3, -0.25) is 4.90 Å². The van der Waals surface area contributed by atoms with Gasteiger partial charge in [0.15, 0.2) is 0 Å². The maximum absolute atomic E-state index is 6.16. The second kappa shape index (κ2) is 10.0. The Kier molecular flexibility index (Phi) is 7.46. The minimum atomic E-state index is 0.708. The lowest BCUT2D eigenvalue weighted by atomic mass is 9.99. The highest BCUT2D eigenvalue weighted by Gasteiger charge is 2.14. The first-order valence-electron chi connectivity index (χ1n) is 10.8. The zero-order valence-electron chi connectivity index (χ0n) is 17.9. The van der Waals surface area contributed by atoms with Crippen LogP contribution in [0.2, 0.25) is 0 Å². The number of rotatable bonds is 8. The maximum atomic E-state index is 6.16. The highest BCUT2D eigenvalue weighted by molar-refractivity contribution is 5.45. The third-order valence-corrected chi connectivity index (χ3v) is 5.90. The van der Waals surface area contributed by atoms with Gasteiger partial charge in [0.1, 0.15) is 5.82 Å². The Labute approximate surface area is 170 Å². The number of anilines is 1. The lowest BCUT2D eigenvalue weighted by Gasteiger charge is -2.32. The van der Waals surface area contributed by atoms with E-state index in [1.54, 1.807) is 0 Å². The van der Waals surface area contributed by atoms with Crippen molar-refractivity contribution in [2.24, 2.45) is 0 Å². The fourth-order valence-corrected chi connectivity index (χ4v) is 3.90. The van der Waals surface area contributed by atoms with Crippen LogP contribution in [-0.2, 0) is 19.4 Å². The van der Waals surface area contributed by atoms with Crippen LogP contribution in [0.3, 0.4) is 0 Å². The summed E-state index contributed by atoms with van der Waals surface area (Å²) in [5, 5.41) is 0. The van der Waals surface area contributed by atoms with Crippen LogP contribution >= 0.6 is 0 Å². The first-order chi connectivity index (χ1) is 13.5. The van der Waals surface area contributed by atoms with E-state index in [-0.39, 0.29) is 0 Å². The molecule has 0 saturated carbocycles. The number of likely N-dealkylation sites (N-methyl/N-ethyl adjacent to an activating group) is 1. The first kappa shape index (κ1) is 20.8. The summed E-state index contributed by atoms with van der Waals surface area (Å²) >= 11 is 0. The molecule has 0 aliphatic carbocycles. The van der Waals surface area contributed by atoms with Crippen LogP contribution in [0.25, 0.3) is 0 Å². The fraction of sp³-hybridized carbons (Fsp3) is 0.542. The van der Waals surface area contributed by atoms with Gasteiger partial charge in [0.2, 0.25) is 0 Å². The van der Waals surface area contributed by atoms with E-state index in [1.807, 2.05) is 0 Å². The normalized spacial score (nSPS) is 15.8. The largest absolute Gasteiger partial charge is 0.383 e. The van der Waals surface area contributed by atoms with Gasteiger partial charge in [-0.2, -0.15) is 0 Å². The van der Waals surface area contributed by atoms with Crippen LogP contribution in [0.4, 0.5) is 5.82 Å². The third kappa shape index (κ3) is 5.79.